The van der Waals surface area contributed by atoms with E-state index >= 15 is 0 Å². The van der Waals surface area contributed by atoms with Crippen molar-refractivity contribution in [1.29, 1.82) is 0 Å². The van der Waals surface area contributed by atoms with Crippen molar-refractivity contribution in [3.63, 3.8) is 0 Å². The number of thiocarbonyl (C=S) groups is 1. The monoisotopic (exact) mass is 393 g/mol. The fourth-order valence-corrected chi connectivity index (χ4v) is 2.15. The summed E-state index contributed by atoms with van der Waals surface area (Å²) >= 11 is 8.42. The number of anilines is 1. The number of hydrogen-bond donors (Lipinski definition) is 2. The fourth-order valence-electron chi connectivity index (χ4n) is 1.72. The van der Waals surface area contributed by atoms with E-state index in [9.17, 15) is 4.79 Å². The SMILES string of the molecule is CCCOc1cccc(C(=O)NC(=S)Nc2ccc(Br)cn2)c1. The highest BCUT2D eigenvalue weighted by atomic mass is 79.9. The van der Waals surface area contributed by atoms with E-state index < -0.39 is 0 Å². The van der Waals surface area contributed by atoms with Gasteiger partial charge in [0.2, 0.25) is 0 Å². The molecule has 0 saturated carbocycles. The van der Waals surface area contributed by atoms with Crippen molar-refractivity contribution in [3.05, 3.63) is 52.6 Å². The van der Waals surface area contributed by atoms with E-state index in [1.807, 2.05) is 19.1 Å². The molecule has 0 aliphatic heterocycles. The molecule has 2 rings (SSSR count). The molecule has 1 amide bonds. The molecule has 0 atom stereocenters. The quantitative estimate of drug-likeness (QED) is 0.757. The third kappa shape index (κ3) is 5.61. The minimum absolute atomic E-state index is 0.185. The van der Waals surface area contributed by atoms with Crippen molar-refractivity contribution in [3.8, 4) is 5.75 Å². The van der Waals surface area contributed by atoms with Crippen molar-refractivity contribution in [2.24, 2.45) is 0 Å². The highest BCUT2D eigenvalue weighted by Gasteiger charge is 2.09. The molecule has 7 heteroatoms. The largest absolute Gasteiger partial charge is 0.494 e. The Morgan fingerprint density at radius 2 is 2.17 bits per heavy atom. The minimum Gasteiger partial charge on any atom is -0.494 e. The smallest absolute Gasteiger partial charge is 0.257 e. The number of nitrogens with zero attached hydrogens (tertiary/aromatic N) is 1. The van der Waals surface area contributed by atoms with Gasteiger partial charge in [-0.1, -0.05) is 13.0 Å². The van der Waals surface area contributed by atoms with E-state index in [0.717, 1.165) is 10.9 Å². The number of carbonyl (C=O) groups excluding carboxylic acids is 1. The predicted molar refractivity (Wildman–Crippen MR) is 97.9 cm³/mol. The summed E-state index contributed by atoms with van der Waals surface area (Å²) in [6, 6.07) is 10.6. The maximum Gasteiger partial charge on any atom is 0.257 e. The third-order valence-corrected chi connectivity index (χ3v) is 3.44. The molecular formula is C16H16BrN3O2S. The lowest BCUT2D eigenvalue weighted by atomic mass is 10.2. The first kappa shape index (κ1) is 17.4. The Balaban J connectivity index is 1.95. The average molecular weight is 394 g/mol. The van der Waals surface area contributed by atoms with Crippen LogP contribution < -0.4 is 15.4 Å². The van der Waals surface area contributed by atoms with E-state index in [1.165, 1.54) is 0 Å². The second-order valence-corrected chi connectivity index (χ2v) is 5.97. The Bertz CT molecular complexity index is 692. The van der Waals surface area contributed by atoms with Gasteiger partial charge in [-0.15, -0.1) is 0 Å². The Morgan fingerprint density at radius 1 is 1.35 bits per heavy atom. The Hall–Kier alpha value is -1.99. The number of rotatable bonds is 5. The molecule has 23 heavy (non-hydrogen) atoms. The molecule has 1 aromatic heterocycles. The number of carbonyl (C=O) groups is 1. The van der Waals surface area contributed by atoms with Crippen LogP contribution in [0.4, 0.5) is 5.82 Å². The number of aromatic nitrogens is 1. The summed E-state index contributed by atoms with van der Waals surface area (Å²) in [6.45, 7) is 2.64. The minimum atomic E-state index is -0.304. The summed E-state index contributed by atoms with van der Waals surface area (Å²) < 4.78 is 6.38. The van der Waals surface area contributed by atoms with Gasteiger partial charge < -0.3 is 10.1 Å². The van der Waals surface area contributed by atoms with E-state index in [2.05, 4.69) is 31.5 Å². The molecule has 0 bridgehead atoms. The lowest BCUT2D eigenvalue weighted by Gasteiger charge is -2.10. The van der Waals surface area contributed by atoms with E-state index in [0.29, 0.717) is 23.7 Å². The standard InChI is InChI=1S/C16H16BrN3O2S/c1-2-8-22-13-5-3-4-11(9-13)15(21)20-16(23)19-14-7-6-12(17)10-18-14/h3-7,9-10H,2,8H2,1H3,(H2,18,19,20,21,23). The van der Waals surface area contributed by atoms with Gasteiger partial charge in [0.15, 0.2) is 5.11 Å². The highest BCUT2D eigenvalue weighted by molar-refractivity contribution is 9.10. The van der Waals surface area contributed by atoms with Crippen LogP contribution in [0.25, 0.3) is 0 Å². The topological polar surface area (TPSA) is 63.2 Å². The molecule has 5 nitrogen and oxygen atoms in total. The molecule has 0 unspecified atom stereocenters. The van der Waals surface area contributed by atoms with Crippen LogP contribution in [0.2, 0.25) is 0 Å². The van der Waals surface area contributed by atoms with Crippen molar-refractivity contribution < 1.29 is 9.53 Å². The zero-order chi connectivity index (χ0) is 16.7. The van der Waals surface area contributed by atoms with Crippen LogP contribution in [0.1, 0.15) is 23.7 Å². The van der Waals surface area contributed by atoms with Crippen LogP contribution in [0, 0.1) is 0 Å². The second kappa shape index (κ2) is 8.59. The molecule has 1 heterocycles. The Morgan fingerprint density at radius 3 is 2.87 bits per heavy atom. The molecule has 2 N–H and O–H groups in total. The summed E-state index contributed by atoms with van der Waals surface area (Å²) in [5, 5.41) is 5.66. The van der Waals surface area contributed by atoms with Crippen molar-refractivity contribution in [1.82, 2.24) is 10.3 Å². The normalized spacial score (nSPS) is 10.0. The number of pyridine rings is 1. The molecule has 1 aromatic carbocycles. The van der Waals surface area contributed by atoms with Crippen molar-refractivity contribution in [2.45, 2.75) is 13.3 Å². The first-order chi connectivity index (χ1) is 11.1. The summed E-state index contributed by atoms with van der Waals surface area (Å²) in [5.74, 6) is 0.910. The molecule has 0 radical (unpaired) electrons. The lowest BCUT2D eigenvalue weighted by molar-refractivity contribution is 0.0977. The van der Waals surface area contributed by atoms with Crippen LogP contribution in [0.3, 0.4) is 0 Å². The molecule has 0 aliphatic carbocycles. The number of benzene rings is 1. The molecule has 0 spiro atoms. The summed E-state index contributed by atoms with van der Waals surface area (Å²) in [5.41, 5.74) is 0.478. The fraction of sp³-hybridized carbons (Fsp3) is 0.188. The van der Waals surface area contributed by atoms with Crippen molar-refractivity contribution >= 4 is 45.0 Å². The van der Waals surface area contributed by atoms with Gasteiger partial charge in [0.05, 0.1) is 6.61 Å². The molecule has 0 saturated heterocycles. The van der Waals surface area contributed by atoms with Gasteiger partial charge >= 0.3 is 0 Å². The van der Waals surface area contributed by atoms with E-state index in [4.69, 9.17) is 17.0 Å². The molecular weight excluding hydrogens is 378 g/mol. The van der Waals surface area contributed by atoms with Gasteiger partial charge in [0, 0.05) is 16.2 Å². The zero-order valence-electron chi connectivity index (χ0n) is 12.5. The number of hydrogen-bond acceptors (Lipinski definition) is 4. The molecule has 0 aliphatic rings. The maximum atomic E-state index is 12.2. The number of ether oxygens (including phenoxy) is 1. The summed E-state index contributed by atoms with van der Waals surface area (Å²) in [7, 11) is 0. The molecule has 120 valence electrons. The number of nitrogens with one attached hydrogen (secondary N) is 2. The molecule has 2 aromatic rings. The van der Waals surface area contributed by atoms with Crippen LogP contribution in [-0.4, -0.2) is 22.6 Å². The van der Waals surface area contributed by atoms with Gasteiger partial charge in [-0.3, -0.25) is 10.1 Å². The van der Waals surface area contributed by atoms with Crippen LogP contribution >= 0.6 is 28.1 Å². The van der Waals surface area contributed by atoms with E-state index in [1.54, 1.807) is 30.5 Å². The van der Waals surface area contributed by atoms with Gasteiger partial charge in [-0.2, -0.15) is 0 Å². The third-order valence-electron chi connectivity index (χ3n) is 2.77. The van der Waals surface area contributed by atoms with Crippen molar-refractivity contribution in [2.75, 3.05) is 11.9 Å². The van der Waals surface area contributed by atoms with E-state index in [-0.39, 0.29) is 11.0 Å². The predicted octanol–water partition coefficient (Wildman–Crippen LogP) is 3.76. The number of halogens is 1. The Kier molecular flexibility index (Phi) is 6.49. The lowest BCUT2D eigenvalue weighted by Crippen LogP contribution is -2.34. The van der Waals surface area contributed by atoms with Crippen LogP contribution in [0.5, 0.6) is 5.75 Å². The highest BCUT2D eigenvalue weighted by Crippen LogP contribution is 2.14. The first-order valence-electron chi connectivity index (χ1n) is 7.05. The van der Waals surface area contributed by atoms with Crippen LogP contribution in [-0.2, 0) is 0 Å². The summed E-state index contributed by atoms with van der Waals surface area (Å²) in [6.07, 6.45) is 2.55. The summed E-state index contributed by atoms with van der Waals surface area (Å²) in [4.78, 5) is 16.3. The second-order valence-electron chi connectivity index (χ2n) is 4.65. The van der Waals surface area contributed by atoms with Gasteiger partial charge in [-0.25, -0.2) is 4.98 Å². The van der Waals surface area contributed by atoms with Gasteiger partial charge in [0.1, 0.15) is 11.6 Å². The number of amides is 1. The average Bonchev–Trinajstić information content (AvgIpc) is 2.55. The first-order valence-corrected chi connectivity index (χ1v) is 8.25. The van der Waals surface area contributed by atoms with Crippen LogP contribution in [0.15, 0.2) is 47.1 Å². The Labute approximate surface area is 148 Å². The maximum absolute atomic E-state index is 12.2. The zero-order valence-corrected chi connectivity index (χ0v) is 14.9. The van der Waals surface area contributed by atoms with Gasteiger partial charge in [-0.05, 0) is 64.9 Å². The van der Waals surface area contributed by atoms with Gasteiger partial charge in [0.25, 0.3) is 5.91 Å². The molecule has 0 fully saturated rings.